The minimum absolute atomic E-state index is 0.237. The molecule has 5 heteroatoms. The predicted octanol–water partition coefficient (Wildman–Crippen LogP) is 2.22. The molecule has 2 aliphatic heterocycles. The van der Waals surface area contributed by atoms with Crippen molar-refractivity contribution in [3.05, 3.63) is 53.6 Å². The third-order valence-corrected chi connectivity index (χ3v) is 5.95. The summed E-state index contributed by atoms with van der Waals surface area (Å²) in [7, 11) is 3.99. The molecule has 0 bridgehead atoms. The zero-order valence-electron chi connectivity index (χ0n) is 15.1. The van der Waals surface area contributed by atoms with Gasteiger partial charge in [-0.05, 0) is 43.5 Å². The van der Waals surface area contributed by atoms with E-state index in [-0.39, 0.29) is 5.41 Å². The van der Waals surface area contributed by atoms with Gasteiger partial charge in [0.25, 0.3) is 0 Å². The van der Waals surface area contributed by atoms with Gasteiger partial charge in [0.05, 0.1) is 12.0 Å². The molecule has 1 aromatic carbocycles. The van der Waals surface area contributed by atoms with Gasteiger partial charge in [0.15, 0.2) is 0 Å². The highest BCUT2D eigenvalue weighted by molar-refractivity contribution is 5.83. The molecule has 1 saturated heterocycles. The number of fused-ring (bicyclic) bond motifs is 1. The Morgan fingerprint density at radius 2 is 1.84 bits per heavy atom. The Labute approximate surface area is 149 Å². The lowest BCUT2D eigenvalue weighted by Gasteiger charge is -2.41. The zero-order chi connectivity index (χ0) is 17.4. The van der Waals surface area contributed by atoms with E-state index in [1.807, 2.05) is 31.4 Å². The fourth-order valence-corrected chi connectivity index (χ4v) is 4.34. The number of benzene rings is 1. The van der Waals surface area contributed by atoms with E-state index in [1.54, 1.807) is 0 Å². The third kappa shape index (κ3) is 2.97. The van der Waals surface area contributed by atoms with Crippen LogP contribution in [0.5, 0.6) is 0 Å². The fraction of sp³-hybridized carbons (Fsp3) is 0.500. The smallest absolute Gasteiger partial charge is 0.229 e. The van der Waals surface area contributed by atoms with Crippen LogP contribution < -0.4 is 0 Å². The summed E-state index contributed by atoms with van der Waals surface area (Å²) in [6.45, 7) is 3.50. The molecule has 132 valence electrons. The second-order valence-electron chi connectivity index (χ2n) is 7.62. The Balaban J connectivity index is 1.52. The van der Waals surface area contributed by atoms with E-state index in [0.717, 1.165) is 51.3 Å². The maximum absolute atomic E-state index is 13.2. The van der Waals surface area contributed by atoms with Crippen LogP contribution >= 0.6 is 0 Å². The molecule has 4 rings (SSSR count). The van der Waals surface area contributed by atoms with Crippen LogP contribution in [0.15, 0.2) is 36.7 Å². The zero-order valence-corrected chi connectivity index (χ0v) is 15.1. The van der Waals surface area contributed by atoms with Crippen LogP contribution in [0.25, 0.3) is 0 Å². The van der Waals surface area contributed by atoms with E-state index in [4.69, 9.17) is 0 Å². The Hall–Kier alpha value is -2.14. The highest BCUT2D eigenvalue weighted by Crippen LogP contribution is 2.40. The summed E-state index contributed by atoms with van der Waals surface area (Å²) >= 11 is 0. The Morgan fingerprint density at radius 1 is 1.12 bits per heavy atom. The minimum Gasteiger partial charge on any atom is -0.341 e. The number of piperidine rings is 1. The Kier molecular flexibility index (Phi) is 4.12. The number of imidazole rings is 1. The van der Waals surface area contributed by atoms with Crippen LogP contribution in [-0.4, -0.2) is 45.4 Å². The molecule has 0 aliphatic carbocycles. The van der Waals surface area contributed by atoms with Crippen LogP contribution in [0, 0.1) is 5.41 Å². The normalized spacial score (nSPS) is 20.6. The van der Waals surface area contributed by atoms with Crippen LogP contribution in [0.4, 0.5) is 0 Å². The van der Waals surface area contributed by atoms with E-state index >= 15 is 0 Å². The van der Waals surface area contributed by atoms with Gasteiger partial charge in [0.1, 0.15) is 5.82 Å². The summed E-state index contributed by atoms with van der Waals surface area (Å²) in [6.07, 6.45) is 6.56. The summed E-state index contributed by atoms with van der Waals surface area (Å²) in [5, 5.41) is 0. The van der Waals surface area contributed by atoms with Crippen molar-refractivity contribution in [2.45, 2.75) is 32.4 Å². The van der Waals surface area contributed by atoms with Crippen molar-refractivity contribution in [3.63, 3.8) is 0 Å². The number of aryl methyl sites for hydroxylation is 1. The van der Waals surface area contributed by atoms with Crippen molar-refractivity contribution in [2.75, 3.05) is 20.1 Å². The SMILES string of the molecule is CN1Cc2ccccc2CC2(CCN(Cc3nccn3C)CC2)C1=O. The second-order valence-corrected chi connectivity index (χ2v) is 7.62. The molecule has 0 radical (unpaired) electrons. The van der Waals surface area contributed by atoms with Crippen LogP contribution in [0.3, 0.4) is 0 Å². The molecule has 1 spiro atoms. The van der Waals surface area contributed by atoms with E-state index in [9.17, 15) is 4.79 Å². The molecule has 2 aliphatic rings. The molecule has 1 amide bonds. The lowest BCUT2D eigenvalue weighted by Crippen LogP contribution is -2.49. The van der Waals surface area contributed by atoms with Gasteiger partial charge in [-0.25, -0.2) is 4.98 Å². The first-order chi connectivity index (χ1) is 12.1. The van der Waals surface area contributed by atoms with Gasteiger partial charge in [-0.2, -0.15) is 0 Å². The molecule has 0 saturated carbocycles. The first-order valence-corrected chi connectivity index (χ1v) is 9.08. The van der Waals surface area contributed by atoms with Crippen molar-refractivity contribution in [2.24, 2.45) is 12.5 Å². The number of likely N-dealkylation sites (tertiary alicyclic amines) is 1. The average molecular weight is 338 g/mol. The van der Waals surface area contributed by atoms with E-state index in [1.165, 1.54) is 11.1 Å². The number of amides is 1. The summed E-state index contributed by atoms with van der Waals surface area (Å²) in [4.78, 5) is 22.0. The molecule has 5 nitrogen and oxygen atoms in total. The maximum Gasteiger partial charge on any atom is 0.229 e. The molecule has 0 unspecified atom stereocenters. The van der Waals surface area contributed by atoms with Gasteiger partial charge in [0.2, 0.25) is 5.91 Å². The number of hydrogen-bond acceptors (Lipinski definition) is 3. The second kappa shape index (κ2) is 6.30. The van der Waals surface area contributed by atoms with Crippen molar-refractivity contribution < 1.29 is 4.79 Å². The topological polar surface area (TPSA) is 41.4 Å². The Bertz CT molecular complexity index is 774. The fourth-order valence-electron chi connectivity index (χ4n) is 4.34. The summed E-state index contributed by atoms with van der Waals surface area (Å²) in [5.41, 5.74) is 2.41. The molecular formula is C20H26N4O. The molecule has 25 heavy (non-hydrogen) atoms. The highest BCUT2D eigenvalue weighted by Gasteiger charge is 2.44. The van der Waals surface area contributed by atoms with Gasteiger partial charge in [-0.15, -0.1) is 0 Å². The first kappa shape index (κ1) is 16.3. The van der Waals surface area contributed by atoms with Gasteiger partial charge >= 0.3 is 0 Å². The molecule has 1 fully saturated rings. The van der Waals surface area contributed by atoms with Gasteiger partial charge < -0.3 is 9.47 Å². The number of rotatable bonds is 2. The molecular weight excluding hydrogens is 312 g/mol. The molecule has 0 atom stereocenters. The lowest BCUT2D eigenvalue weighted by molar-refractivity contribution is -0.144. The number of aromatic nitrogens is 2. The maximum atomic E-state index is 13.2. The summed E-state index contributed by atoms with van der Waals surface area (Å²) in [5.74, 6) is 1.41. The number of nitrogens with zero attached hydrogens (tertiary/aromatic N) is 4. The number of hydrogen-bond donors (Lipinski definition) is 0. The van der Waals surface area contributed by atoms with Gasteiger partial charge in [-0.1, -0.05) is 24.3 Å². The number of carbonyl (C=O) groups excluding carboxylic acids is 1. The summed E-state index contributed by atoms with van der Waals surface area (Å²) in [6, 6.07) is 8.53. The largest absolute Gasteiger partial charge is 0.341 e. The van der Waals surface area contributed by atoms with Crippen molar-refractivity contribution in [3.8, 4) is 0 Å². The lowest BCUT2D eigenvalue weighted by atomic mass is 9.73. The first-order valence-electron chi connectivity index (χ1n) is 9.08. The van der Waals surface area contributed by atoms with Gasteiger partial charge in [0, 0.05) is 33.0 Å². The number of carbonyl (C=O) groups is 1. The van der Waals surface area contributed by atoms with Crippen LogP contribution in [0.2, 0.25) is 0 Å². The van der Waals surface area contributed by atoms with Crippen LogP contribution in [-0.2, 0) is 31.4 Å². The Morgan fingerprint density at radius 3 is 2.52 bits per heavy atom. The molecule has 0 N–H and O–H groups in total. The minimum atomic E-state index is -0.237. The molecule has 1 aromatic heterocycles. The van der Waals surface area contributed by atoms with Crippen molar-refractivity contribution in [1.29, 1.82) is 0 Å². The summed E-state index contributed by atoms with van der Waals surface area (Å²) < 4.78 is 2.07. The third-order valence-electron chi connectivity index (χ3n) is 5.95. The van der Waals surface area contributed by atoms with Crippen molar-refractivity contribution >= 4 is 5.91 Å². The molecule has 2 aromatic rings. The average Bonchev–Trinajstić information content (AvgIpc) is 2.98. The van der Waals surface area contributed by atoms with Crippen LogP contribution in [0.1, 0.15) is 29.8 Å². The van der Waals surface area contributed by atoms with E-state index in [2.05, 4.69) is 38.7 Å². The standard InChI is InChI=1S/C20H26N4O/c1-22-12-9-21-18(22)15-24-10-7-20(8-11-24)13-16-5-3-4-6-17(16)14-23(2)19(20)25/h3-6,9,12H,7-8,10-11,13-15H2,1-2H3. The highest BCUT2D eigenvalue weighted by atomic mass is 16.2. The predicted molar refractivity (Wildman–Crippen MR) is 96.8 cm³/mol. The molecule has 3 heterocycles. The monoisotopic (exact) mass is 338 g/mol. The van der Waals surface area contributed by atoms with E-state index in [0.29, 0.717) is 5.91 Å². The van der Waals surface area contributed by atoms with Crippen molar-refractivity contribution in [1.82, 2.24) is 19.4 Å². The quantitative estimate of drug-likeness (QED) is 0.843. The van der Waals surface area contributed by atoms with Gasteiger partial charge in [-0.3, -0.25) is 9.69 Å². The van der Waals surface area contributed by atoms with E-state index < -0.39 is 0 Å².